The predicted molar refractivity (Wildman–Crippen MR) is 105 cm³/mol. The molecule has 0 unspecified atom stereocenters. The van der Waals surface area contributed by atoms with Crippen molar-refractivity contribution in [3.63, 3.8) is 0 Å². The van der Waals surface area contributed by atoms with Gasteiger partial charge in [0.25, 0.3) is 0 Å². The second kappa shape index (κ2) is 7.91. The third-order valence-corrected chi connectivity index (χ3v) is 6.62. The summed E-state index contributed by atoms with van der Waals surface area (Å²) in [5.74, 6) is 0.483. The summed E-state index contributed by atoms with van der Waals surface area (Å²) in [6.45, 7) is 4.15. The molecule has 2 aromatic rings. The third kappa shape index (κ3) is 3.70. The molecule has 3 saturated heterocycles. The molecule has 5 heteroatoms. The number of rotatable bonds is 6. The zero-order valence-corrected chi connectivity index (χ0v) is 16.1. The van der Waals surface area contributed by atoms with Gasteiger partial charge in [0.1, 0.15) is 0 Å². The number of methoxy groups -OCH3 is 1. The molecule has 1 amide bonds. The van der Waals surface area contributed by atoms with E-state index in [0.717, 1.165) is 39.0 Å². The zero-order valence-electron chi connectivity index (χ0n) is 15.3. The van der Waals surface area contributed by atoms with Crippen LogP contribution in [0.3, 0.4) is 0 Å². The smallest absolute Gasteiger partial charge is 0.227 e. The Morgan fingerprint density at radius 2 is 1.96 bits per heavy atom. The van der Waals surface area contributed by atoms with Gasteiger partial charge in [0, 0.05) is 49.1 Å². The standard InChI is InChI=1S/C21H26N2O2S/c1-25-12-11-23-18-8-7-17(21(23)24)13-22(14-18)15-19-9-10-20(26-19)16-5-3-2-4-6-16/h2-6,9-10,17-18H,7-8,11-15H2,1H3/t17-,18+/m0/s1. The molecule has 4 heterocycles. The van der Waals surface area contributed by atoms with Crippen LogP contribution in [0.2, 0.25) is 0 Å². The van der Waals surface area contributed by atoms with Gasteiger partial charge in [-0.3, -0.25) is 9.69 Å². The van der Waals surface area contributed by atoms with Crippen molar-refractivity contribution in [1.82, 2.24) is 9.80 Å². The fourth-order valence-corrected chi connectivity index (χ4v) is 5.24. The van der Waals surface area contributed by atoms with E-state index in [2.05, 4.69) is 52.3 Å². The molecule has 26 heavy (non-hydrogen) atoms. The fourth-order valence-electron chi connectivity index (χ4n) is 4.18. The van der Waals surface area contributed by atoms with Crippen molar-refractivity contribution in [2.24, 2.45) is 5.92 Å². The minimum atomic E-state index is 0.152. The molecule has 0 N–H and O–H groups in total. The van der Waals surface area contributed by atoms with E-state index >= 15 is 0 Å². The molecule has 0 aliphatic carbocycles. The van der Waals surface area contributed by atoms with Crippen molar-refractivity contribution < 1.29 is 9.53 Å². The van der Waals surface area contributed by atoms with E-state index in [1.54, 1.807) is 7.11 Å². The van der Waals surface area contributed by atoms with Crippen LogP contribution in [0.1, 0.15) is 17.7 Å². The first-order chi connectivity index (χ1) is 12.7. The summed E-state index contributed by atoms with van der Waals surface area (Å²) in [5, 5.41) is 0. The monoisotopic (exact) mass is 370 g/mol. The van der Waals surface area contributed by atoms with Crippen LogP contribution in [0.15, 0.2) is 42.5 Å². The molecule has 0 spiro atoms. The lowest BCUT2D eigenvalue weighted by molar-refractivity contribution is -0.140. The number of hydrogen-bond donors (Lipinski definition) is 0. The molecule has 1 aromatic heterocycles. The van der Waals surface area contributed by atoms with Gasteiger partial charge in [-0.2, -0.15) is 0 Å². The number of ether oxygens (including phenoxy) is 1. The van der Waals surface area contributed by atoms with Crippen molar-refractivity contribution in [1.29, 1.82) is 0 Å². The number of amides is 1. The lowest BCUT2D eigenvalue weighted by atomic mass is 9.94. The van der Waals surface area contributed by atoms with Crippen LogP contribution in [0, 0.1) is 5.92 Å². The maximum atomic E-state index is 12.7. The van der Waals surface area contributed by atoms with Gasteiger partial charge >= 0.3 is 0 Å². The number of fused-ring (bicyclic) bond motifs is 4. The summed E-state index contributed by atoms with van der Waals surface area (Å²) in [6.07, 6.45) is 2.15. The van der Waals surface area contributed by atoms with E-state index in [-0.39, 0.29) is 5.92 Å². The summed E-state index contributed by atoms with van der Waals surface area (Å²) >= 11 is 1.86. The summed E-state index contributed by atoms with van der Waals surface area (Å²) in [6, 6.07) is 15.3. The quantitative estimate of drug-likeness (QED) is 0.780. The van der Waals surface area contributed by atoms with E-state index in [1.807, 2.05) is 11.3 Å². The highest BCUT2D eigenvalue weighted by molar-refractivity contribution is 7.15. The van der Waals surface area contributed by atoms with Gasteiger partial charge in [-0.25, -0.2) is 0 Å². The predicted octanol–water partition coefficient (Wildman–Crippen LogP) is 3.48. The molecule has 3 fully saturated rings. The van der Waals surface area contributed by atoms with E-state index in [1.165, 1.54) is 15.3 Å². The largest absolute Gasteiger partial charge is 0.383 e. The molecule has 2 atom stereocenters. The Kier molecular flexibility index (Phi) is 5.38. The summed E-state index contributed by atoms with van der Waals surface area (Å²) in [5.41, 5.74) is 1.28. The van der Waals surface area contributed by atoms with E-state index in [0.29, 0.717) is 18.6 Å². The number of nitrogens with zero attached hydrogens (tertiary/aromatic N) is 2. The van der Waals surface area contributed by atoms with Crippen LogP contribution in [-0.4, -0.2) is 55.1 Å². The van der Waals surface area contributed by atoms with Crippen molar-refractivity contribution in [3.8, 4) is 10.4 Å². The van der Waals surface area contributed by atoms with Gasteiger partial charge in [-0.15, -0.1) is 11.3 Å². The first-order valence-corrected chi connectivity index (χ1v) is 10.2. The molecule has 3 aliphatic rings. The first kappa shape index (κ1) is 17.7. The summed E-state index contributed by atoms with van der Waals surface area (Å²) < 4.78 is 5.20. The molecular weight excluding hydrogens is 344 g/mol. The Morgan fingerprint density at radius 1 is 1.12 bits per heavy atom. The number of carbonyl (C=O) groups excluding carboxylic acids is 1. The molecular formula is C21H26N2O2S. The molecule has 2 bridgehead atoms. The van der Waals surface area contributed by atoms with Crippen molar-refractivity contribution >= 4 is 17.2 Å². The van der Waals surface area contributed by atoms with Crippen LogP contribution in [0.4, 0.5) is 0 Å². The molecule has 3 aliphatic heterocycles. The number of hydrogen-bond acceptors (Lipinski definition) is 4. The molecule has 0 saturated carbocycles. The Morgan fingerprint density at radius 3 is 2.77 bits per heavy atom. The highest BCUT2D eigenvalue weighted by Gasteiger charge is 2.40. The van der Waals surface area contributed by atoms with Gasteiger partial charge in [0.2, 0.25) is 5.91 Å². The lowest BCUT2D eigenvalue weighted by Gasteiger charge is -2.35. The SMILES string of the molecule is COCCN1C(=O)[C@H]2CC[C@@H]1CN(Cc1ccc(-c3ccccc3)s1)C2. The Bertz CT molecular complexity index is 745. The van der Waals surface area contributed by atoms with Gasteiger partial charge in [0.05, 0.1) is 12.5 Å². The van der Waals surface area contributed by atoms with Gasteiger partial charge in [0.15, 0.2) is 0 Å². The van der Waals surface area contributed by atoms with Crippen molar-refractivity contribution in [2.45, 2.75) is 25.4 Å². The minimum Gasteiger partial charge on any atom is -0.383 e. The van der Waals surface area contributed by atoms with Crippen LogP contribution in [0.25, 0.3) is 10.4 Å². The average molecular weight is 371 g/mol. The number of benzene rings is 1. The molecule has 0 radical (unpaired) electrons. The number of thiophene rings is 1. The summed E-state index contributed by atoms with van der Waals surface area (Å²) in [7, 11) is 1.70. The topological polar surface area (TPSA) is 32.8 Å². The second-order valence-electron chi connectivity index (χ2n) is 7.28. The fraction of sp³-hybridized carbons (Fsp3) is 0.476. The van der Waals surface area contributed by atoms with Crippen molar-refractivity contribution in [3.05, 3.63) is 47.3 Å². The van der Waals surface area contributed by atoms with Gasteiger partial charge in [-0.05, 0) is 30.5 Å². The number of piperidine rings is 1. The van der Waals surface area contributed by atoms with Crippen LogP contribution < -0.4 is 0 Å². The minimum absolute atomic E-state index is 0.152. The van der Waals surface area contributed by atoms with Gasteiger partial charge in [-0.1, -0.05) is 30.3 Å². The molecule has 1 aromatic carbocycles. The third-order valence-electron chi connectivity index (χ3n) is 5.50. The highest BCUT2D eigenvalue weighted by Crippen LogP contribution is 2.32. The van der Waals surface area contributed by atoms with E-state index < -0.39 is 0 Å². The van der Waals surface area contributed by atoms with Crippen LogP contribution in [0.5, 0.6) is 0 Å². The maximum Gasteiger partial charge on any atom is 0.227 e. The Labute approximate surface area is 159 Å². The van der Waals surface area contributed by atoms with E-state index in [9.17, 15) is 4.79 Å². The molecule has 5 rings (SSSR count). The van der Waals surface area contributed by atoms with Crippen LogP contribution in [-0.2, 0) is 16.1 Å². The Balaban J connectivity index is 1.45. The van der Waals surface area contributed by atoms with Crippen LogP contribution >= 0.6 is 11.3 Å². The summed E-state index contributed by atoms with van der Waals surface area (Å²) in [4.78, 5) is 20.0. The number of carbonyl (C=O) groups is 1. The lowest BCUT2D eigenvalue weighted by Crippen LogP contribution is -2.49. The normalized spacial score (nSPS) is 23.4. The Hall–Kier alpha value is -1.69. The molecule has 4 nitrogen and oxygen atoms in total. The average Bonchev–Trinajstić information content (AvgIpc) is 2.97. The zero-order chi connectivity index (χ0) is 17.9. The van der Waals surface area contributed by atoms with E-state index in [4.69, 9.17) is 4.74 Å². The van der Waals surface area contributed by atoms with Gasteiger partial charge < -0.3 is 9.64 Å². The van der Waals surface area contributed by atoms with Crippen molar-refractivity contribution in [2.75, 3.05) is 33.4 Å². The maximum absolute atomic E-state index is 12.7. The molecule has 138 valence electrons. The second-order valence-corrected chi connectivity index (χ2v) is 8.45. The highest BCUT2D eigenvalue weighted by atomic mass is 32.1. The first-order valence-electron chi connectivity index (χ1n) is 9.40.